The number of nitrogens with zero attached hydrogens (tertiary/aromatic N) is 1. The Balaban J connectivity index is 2.29. The standard InChI is InChI=1S/C12H10N2/c1-2-4-10-9(3-1)7-14-12-8-13-6-5-11(10)12/h1-6,8,14H,7H2. The Morgan fingerprint density at radius 3 is 3.00 bits per heavy atom. The number of pyridine rings is 1. The predicted octanol–water partition coefficient (Wildman–Crippen LogP) is 2.67. The highest BCUT2D eigenvalue weighted by atomic mass is 14.9. The Bertz CT molecular complexity index is 432. The second-order valence-electron chi connectivity index (χ2n) is 3.43. The SMILES string of the molecule is c1ccc2c(c1)CNc1cnccc1-2. The molecule has 2 heteroatoms. The van der Waals surface area contributed by atoms with Gasteiger partial charge in [0, 0.05) is 18.3 Å². The number of hydrogen-bond acceptors (Lipinski definition) is 2. The van der Waals surface area contributed by atoms with E-state index in [-0.39, 0.29) is 0 Å². The van der Waals surface area contributed by atoms with Gasteiger partial charge in [-0.1, -0.05) is 24.3 Å². The number of anilines is 1. The number of benzene rings is 1. The molecule has 0 aliphatic carbocycles. The van der Waals surface area contributed by atoms with E-state index >= 15 is 0 Å². The van der Waals surface area contributed by atoms with Crippen molar-refractivity contribution in [1.29, 1.82) is 0 Å². The summed E-state index contributed by atoms with van der Waals surface area (Å²) in [4.78, 5) is 4.11. The second-order valence-corrected chi connectivity index (χ2v) is 3.43. The van der Waals surface area contributed by atoms with Gasteiger partial charge in [0.2, 0.25) is 0 Å². The third kappa shape index (κ3) is 1.01. The van der Waals surface area contributed by atoms with Gasteiger partial charge in [-0.15, -0.1) is 0 Å². The zero-order valence-electron chi connectivity index (χ0n) is 7.70. The van der Waals surface area contributed by atoms with Gasteiger partial charge in [0.25, 0.3) is 0 Å². The van der Waals surface area contributed by atoms with E-state index in [4.69, 9.17) is 0 Å². The Hall–Kier alpha value is -1.83. The molecule has 0 unspecified atom stereocenters. The topological polar surface area (TPSA) is 24.9 Å². The normalized spacial score (nSPS) is 12.6. The molecule has 0 bridgehead atoms. The second kappa shape index (κ2) is 2.84. The quantitative estimate of drug-likeness (QED) is 0.677. The molecule has 2 nitrogen and oxygen atoms in total. The molecule has 0 fully saturated rings. The van der Waals surface area contributed by atoms with E-state index in [9.17, 15) is 0 Å². The Labute approximate surface area is 82.6 Å². The van der Waals surface area contributed by atoms with Crippen LogP contribution in [-0.4, -0.2) is 4.98 Å². The van der Waals surface area contributed by atoms with Crippen LogP contribution in [0.15, 0.2) is 42.7 Å². The van der Waals surface area contributed by atoms with Gasteiger partial charge in [0.05, 0.1) is 11.9 Å². The number of rotatable bonds is 0. The van der Waals surface area contributed by atoms with Crippen molar-refractivity contribution in [3.8, 4) is 11.1 Å². The molecule has 0 saturated carbocycles. The molecule has 0 radical (unpaired) electrons. The van der Waals surface area contributed by atoms with Crippen LogP contribution >= 0.6 is 0 Å². The summed E-state index contributed by atoms with van der Waals surface area (Å²) in [5.74, 6) is 0. The lowest BCUT2D eigenvalue weighted by atomic mass is 9.96. The van der Waals surface area contributed by atoms with Crippen LogP contribution < -0.4 is 5.32 Å². The van der Waals surface area contributed by atoms with Crippen LogP contribution in [0, 0.1) is 0 Å². The summed E-state index contributed by atoms with van der Waals surface area (Å²) in [6.07, 6.45) is 3.72. The molecule has 0 spiro atoms. The van der Waals surface area contributed by atoms with Gasteiger partial charge in [0.1, 0.15) is 0 Å². The number of nitrogens with one attached hydrogen (secondary N) is 1. The zero-order chi connectivity index (χ0) is 9.38. The summed E-state index contributed by atoms with van der Waals surface area (Å²) < 4.78 is 0. The van der Waals surface area contributed by atoms with Crippen LogP contribution in [-0.2, 0) is 6.54 Å². The lowest BCUT2D eigenvalue weighted by Gasteiger charge is -2.20. The van der Waals surface area contributed by atoms with Gasteiger partial charge >= 0.3 is 0 Å². The van der Waals surface area contributed by atoms with E-state index in [1.807, 2.05) is 12.4 Å². The van der Waals surface area contributed by atoms with Crippen LogP contribution in [0.1, 0.15) is 5.56 Å². The molecule has 1 aliphatic heterocycles. The van der Waals surface area contributed by atoms with Crippen molar-refractivity contribution < 1.29 is 0 Å². The maximum Gasteiger partial charge on any atom is 0.0609 e. The van der Waals surface area contributed by atoms with E-state index < -0.39 is 0 Å². The van der Waals surface area contributed by atoms with Crippen molar-refractivity contribution in [3.05, 3.63) is 48.3 Å². The predicted molar refractivity (Wildman–Crippen MR) is 57.0 cm³/mol. The fraction of sp³-hybridized carbons (Fsp3) is 0.0833. The van der Waals surface area contributed by atoms with Gasteiger partial charge < -0.3 is 5.32 Å². The highest BCUT2D eigenvalue weighted by molar-refractivity contribution is 5.81. The number of hydrogen-bond donors (Lipinski definition) is 1. The van der Waals surface area contributed by atoms with Crippen molar-refractivity contribution >= 4 is 5.69 Å². The first-order chi connectivity index (χ1) is 6.95. The molecular formula is C12H10N2. The minimum Gasteiger partial charge on any atom is -0.379 e. The fourth-order valence-corrected chi connectivity index (χ4v) is 1.90. The molecule has 2 heterocycles. The van der Waals surface area contributed by atoms with Gasteiger partial charge in [-0.3, -0.25) is 4.98 Å². The molecule has 1 aromatic heterocycles. The van der Waals surface area contributed by atoms with Crippen LogP contribution in [0.5, 0.6) is 0 Å². The summed E-state index contributed by atoms with van der Waals surface area (Å²) in [5, 5.41) is 3.36. The molecule has 2 aromatic rings. The molecule has 0 saturated heterocycles. The minimum absolute atomic E-state index is 0.898. The fourth-order valence-electron chi connectivity index (χ4n) is 1.90. The molecule has 1 aliphatic rings. The first-order valence-corrected chi connectivity index (χ1v) is 4.71. The molecule has 1 aromatic carbocycles. The van der Waals surface area contributed by atoms with Crippen molar-refractivity contribution in [2.24, 2.45) is 0 Å². The molecule has 14 heavy (non-hydrogen) atoms. The van der Waals surface area contributed by atoms with Crippen LogP contribution in [0.3, 0.4) is 0 Å². The Morgan fingerprint density at radius 1 is 1.07 bits per heavy atom. The lowest BCUT2D eigenvalue weighted by Crippen LogP contribution is -2.08. The zero-order valence-corrected chi connectivity index (χ0v) is 7.70. The smallest absolute Gasteiger partial charge is 0.0609 e. The highest BCUT2D eigenvalue weighted by Gasteiger charge is 2.13. The maximum absolute atomic E-state index is 4.11. The average molecular weight is 182 g/mol. The van der Waals surface area contributed by atoms with Gasteiger partial charge in [-0.2, -0.15) is 0 Å². The van der Waals surface area contributed by atoms with Crippen molar-refractivity contribution in [3.63, 3.8) is 0 Å². The summed E-state index contributed by atoms with van der Waals surface area (Å²) in [7, 11) is 0. The summed E-state index contributed by atoms with van der Waals surface area (Å²) in [6.45, 7) is 0.898. The summed E-state index contributed by atoms with van der Waals surface area (Å²) in [5.41, 5.74) is 5.06. The van der Waals surface area contributed by atoms with Crippen molar-refractivity contribution in [2.45, 2.75) is 6.54 Å². The van der Waals surface area contributed by atoms with E-state index in [1.165, 1.54) is 16.7 Å². The molecule has 3 rings (SSSR count). The first-order valence-electron chi connectivity index (χ1n) is 4.71. The third-order valence-corrected chi connectivity index (χ3v) is 2.60. The summed E-state index contributed by atoms with van der Waals surface area (Å²) >= 11 is 0. The number of fused-ring (bicyclic) bond motifs is 3. The Morgan fingerprint density at radius 2 is 2.00 bits per heavy atom. The average Bonchev–Trinajstić information content (AvgIpc) is 2.29. The monoisotopic (exact) mass is 182 g/mol. The highest BCUT2D eigenvalue weighted by Crippen LogP contribution is 2.33. The largest absolute Gasteiger partial charge is 0.379 e. The van der Waals surface area contributed by atoms with Crippen LogP contribution in [0.4, 0.5) is 5.69 Å². The van der Waals surface area contributed by atoms with Crippen LogP contribution in [0.25, 0.3) is 11.1 Å². The molecule has 1 N–H and O–H groups in total. The van der Waals surface area contributed by atoms with Gasteiger partial charge in [-0.25, -0.2) is 0 Å². The van der Waals surface area contributed by atoms with Gasteiger partial charge in [-0.05, 0) is 17.2 Å². The first kappa shape index (κ1) is 7.56. The van der Waals surface area contributed by atoms with E-state index in [1.54, 1.807) is 0 Å². The molecule has 68 valence electrons. The maximum atomic E-state index is 4.11. The van der Waals surface area contributed by atoms with E-state index in [0.29, 0.717) is 0 Å². The third-order valence-electron chi connectivity index (χ3n) is 2.60. The molecule has 0 atom stereocenters. The van der Waals surface area contributed by atoms with E-state index in [0.717, 1.165) is 12.2 Å². The van der Waals surface area contributed by atoms with Crippen LogP contribution in [0.2, 0.25) is 0 Å². The Kier molecular flexibility index (Phi) is 1.53. The molecule has 0 amide bonds. The van der Waals surface area contributed by atoms with E-state index in [2.05, 4.69) is 40.6 Å². The van der Waals surface area contributed by atoms with Gasteiger partial charge in [0.15, 0.2) is 0 Å². The van der Waals surface area contributed by atoms with Crippen molar-refractivity contribution in [1.82, 2.24) is 4.98 Å². The van der Waals surface area contributed by atoms with Crippen molar-refractivity contribution in [2.75, 3.05) is 5.32 Å². The molecular weight excluding hydrogens is 172 g/mol. The minimum atomic E-state index is 0.898. The number of aromatic nitrogens is 1. The summed E-state index contributed by atoms with van der Waals surface area (Å²) in [6, 6.07) is 10.5. The lowest BCUT2D eigenvalue weighted by molar-refractivity contribution is 1.11.